The average Bonchev–Trinajstić information content (AvgIpc) is 2.85. The number of carbonyl (C=O) groups is 1. The summed E-state index contributed by atoms with van der Waals surface area (Å²) in [6, 6.07) is 14.1. The van der Waals surface area contributed by atoms with Gasteiger partial charge >= 0.3 is 0 Å². The van der Waals surface area contributed by atoms with E-state index in [1.807, 2.05) is 0 Å². The second kappa shape index (κ2) is 5.60. The summed E-state index contributed by atoms with van der Waals surface area (Å²) in [7, 11) is -3.87. The molecule has 0 radical (unpaired) electrons. The van der Waals surface area contributed by atoms with Gasteiger partial charge < -0.3 is 5.73 Å². The summed E-state index contributed by atoms with van der Waals surface area (Å²) in [5.74, 6) is -0.756. The van der Waals surface area contributed by atoms with Crippen LogP contribution in [0.25, 0.3) is 10.9 Å². The lowest BCUT2D eigenvalue weighted by molar-refractivity contribution is 0.0993. The van der Waals surface area contributed by atoms with Crippen molar-refractivity contribution in [3.8, 4) is 0 Å². The van der Waals surface area contributed by atoms with Gasteiger partial charge in [-0.15, -0.1) is 0 Å². The second-order valence-corrected chi connectivity index (χ2v) is 6.94. The summed E-state index contributed by atoms with van der Waals surface area (Å²) in [5, 5.41) is 1.07. The number of hydrogen-bond donors (Lipinski definition) is 2. The fraction of sp³-hybridized carbons (Fsp3) is 0. The summed E-state index contributed by atoms with van der Waals surface area (Å²) in [6.45, 7) is 0. The summed E-state index contributed by atoms with van der Waals surface area (Å²) in [6.07, 6.45) is 0. The number of fused-ring (bicyclic) bond motifs is 1. The van der Waals surface area contributed by atoms with Gasteiger partial charge in [-0.05, 0) is 36.4 Å². The molecule has 2 aromatic carbocycles. The number of aromatic nitrogens is 1. The van der Waals surface area contributed by atoms with Crippen LogP contribution in [0.5, 0.6) is 0 Å². The molecule has 0 spiro atoms. The first-order chi connectivity index (χ1) is 10.9. The first-order valence-electron chi connectivity index (χ1n) is 6.57. The minimum atomic E-state index is -3.87. The first-order valence-corrected chi connectivity index (χ1v) is 8.43. The van der Waals surface area contributed by atoms with Crippen molar-refractivity contribution >= 4 is 38.4 Å². The Bertz CT molecular complexity index is 997. The highest BCUT2D eigenvalue weighted by molar-refractivity contribution is 7.92. The maximum absolute atomic E-state index is 12.5. The normalized spacial score (nSPS) is 11.5. The Balaban J connectivity index is 2.16. The van der Waals surface area contributed by atoms with Crippen LogP contribution in [-0.2, 0) is 10.0 Å². The lowest BCUT2D eigenvalue weighted by Gasteiger charge is -2.12. The molecule has 118 valence electrons. The zero-order chi connectivity index (χ0) is 16.6. The van der Waals surface area contributed by atoms with Gasteiger partial charge in [-0.3, -0.25) is 4.79 Å². The molecule has 0 unspecified atom stereocenters. The summed E-state index contributed by atoms with van der Waals surface area (Å²) in [5.41, 5.74) is 5.84. The SMILES string of the molecule is NC(=O)c1cc2cc(Cl)ccc2n1NS(=O)(=O)c1ccccc1. The van der Waals surface area contributed by atoms with Crippen molar-refractivity contribution in [2.24, 2.45) is 5.73 Å². The molecule has 3 aromatic rings. The van der Waals surface area contributed by atoms with Crippen LogP contribution in [-0.4, -0.2) is 19.0 Å². The number of amides is 1. The van der Waals surface area contributed by atoms with Gasteiger partial charge in [0, 0.05) is 10.4 Å². The molecule has 0 atom stereocenters. The van der Waals surface area contributed by atoms with Crippen LogP contribution in [0.3, 0.4) is 0 Å². The molecule has 0 aliphatic rings. The van der Waals surface area contributed by atoms with E-state index in [0.29, 0.717) is 15.9 Å². The molecular formula is C15H12ClN3O3S. The van der Waals surface area contributed by atoms with E-state index in [1.165, 1.54) is 18.2 Å². The van der Waals surface area contributed by atoms with Crippen molar-refractivity contribution in [1.29, 1.82) is 0 Å². The highest BCUT2D eigenvalue weighted by Gasteiger charge is 2.19. The van der Waals surface area contributed by atoms with Crippen LogP contribution < -0.4 is 10.6 Å². The second-order valence-electron chi connectivity index (χ2n) is 4.84. The quantitative estimate of drug-likeness (QED) is 0.756. The molecule has 0 aliphatic heterocycles. The lowest BCUT2D eigenvalue weighted by Crippen LogP contribution is -2.28. The van der Waals surface area contributed by atoms with Crippen molar-refractivity contribution in [3.63, 3.8) is 0 Å². The smallest absolute Gasteiger partial charge is 0.275 e. The third kappa shape index (κ3) is 2.88. The van der Waals surface area contributed by atoms with E-state index >= 15 is 0 Å². The molecule has 0 saturated heterocycles. The molecule has 1 amide bonds. The van der Waals surface area contributed by atoms with Crippen LogP contribution >= 0.6 is 11.6 Å². The molecule has 23 heavy (non-hydrogen) atoms. The Kier molecular flexibility index (Phi) is 3.75. The number of nitrogens with zero attached hydrogens (tertiary/aromatic N) is 1. The number of sulfonamides is 1. The molecule has 6 nitrogen and oxygen atoms in total. The van der Waals surface area contributed by atoms with Crippen molar-refractivity contribution in [2.75, 3.05) is 4.83 Å². The lowest BCUT2D eigenvalue weighted by atomic mass is 10.2. The maximum atomic E-state index is 12.5. The van der Waals surface area contributed by atoms with Crippen molar-refractivity contribution in [1.82, 2.24) is 4.68 Å². The Morgan fingerprint density at radius 1 is 1.09 bits per heavy atom. The standard InChI is InChI=1S/C15H12ClN3O3S/c16-11-6-7-13-10(8-11)9-14(15(17)20)19(13)18-23(21,22)12-4-2-1-3-5-12/h1-9,18H,(H2,17,20). The highest BCUT2D eigenvalue weighted by atomic mass is 35.5. The Morgan fingerprint density at radius 2 is 1.78 bits per heavy atom. The van der Waals surface area contributed by atoms with E-state index in [1.54, 1.807) is 36.4 Å². The minimum absolute atomic E-state index is 0.0155. The molecule has 3 N–H and O–H groups in total. The predicted octanol–water partition coefficient (Wildman–Crippen LogP) is 2.33. The van der Waals surface area contributed by atoms with Gasteiger partial charge in [0.05, 0.1) is 10.4 Å². The summed E-state index contributed by atoms with van der Waals surface area (Å²) in [4.78, 5) is 14.1. The van der Waals surface area contributed by atoms with Crippen LogP contribution in [0.4, 0.5) is 0 Å². The monoisotopic (exact) mass is 349 g/mol. The number of hydrogen-bond acceptors (Lipinski definition) is 3. The summed E-state index contributed by atoms with van der Waals surface area (Å²) < 4.78 is 26.1. The van der Waals surface area contributed by atoms with Gasteiger partial charge in [0.15, 0.2) is 0 Å². The molecule has 0 saturated carbocycles. The Morgan fingerprint density at radius 3 is 2.43 bits per heavy atom. The van der Waals surface area contributed by atoms with Crippen LogP contribution in [0.15, 0.2) is 59.5 Å². The number of carbonyl (C=O) groups excluding carboxylic acids is 1. The minimum Gasteiger partial charge on any atom is -0.364 e. The first kappa shape index (κ1) is 15.4. The fourth-order valence-corrected chi connectivity index (χ4v) is 3.48. The van der Waals surface area contributed by atoms with Crippen molar-refractivity contribution in [3.05, 3.63) is 65.3 Å². The predicted molar refractivity (Wildman–Crippen MR) is 88.5 cm³/mol. The van der Waals surface area contributed by atoms with E-state index in [9.17, 15) is 13.2 Å². The zero-order valence-corrected chi connectivity index (χ0v) is 13.3. The third-order valence-corrected chi connectivity index (χ3v) is 4.83. The molecule has 0 bridgehead atoms. The number of benzene rings is 2. The average molecular weight is 350 g/mol. The van der Waals surface area contributed by atoms with Crippen LogP contribution in [0.1, 0.15) is 10.5 Å². The van der Waals surface area contributed by atoms with Gasteiger partial charge in [-0.25, -0.2) is 9.51 Å². The van der Waals surface area contributed by atoms with Crippen molar-refractivity contribution < 1.29 is 13.2 Å². The Hall–Kier alpha value is -2.51. The largest absolute Gasteiger partial charge is 0.364 e. The van der Waals surface area contributed by atoms with E-state index in [2.05, 4.69) is 4.83 Å². The zero-order valence-electron chi connectivity index (χ0n) is 11.7. The fourth-order valence-electron chi connectivity index (χ4n) is 2.24. The number of nitrogens with one attached hydrogen (secondary N) is 1. The van der Waals surface area contributed by atoms with E-state index < -0.39 is 15.9 Å². The van der Waals surface area contributed by atoms with Gasteiger partial charge in [0.25, 0.3) is 15.9 Å². The maximum Gasteiger partial charge on any atom is 0.275 e. The van der Waals surface area contributed by atoms with Gasteiger partial charge in [-0.1, -0.05) is 29.8 Å². The van der Waals surface area contributed by atoms with E-state index in [0.717, 1.165) is 4.68 Å². The van der Waals surface area contributed by atoms with Gasteiger partial charge in [0.2, 0.25) is 0 Å². The molecule has 1 aromatic heterocycles. The topological polar surface area (TPSA) is 94.2 Å². The molecule has 1 heterocycles. The van der Waals surface area contributed by atoms with E-state index in [4.69, 9.17) is 17.3 Å². The van der Waals surface area contributed by atoms with Gasteiger partial charge in [-0.2, -0.15) is 8.42 Å². The molecule has 8 heteroatoms. The summed E-state index contributed by atoms with van der Waals surface area (Å²) >= 11 is 5.92. The van der Waals surface area contributed by atoms with Crippen LogP contribution in [0, 0.1) is 0 Å². The molecule has 3 rings (SSSR count). The van der Waals surface area contributed by atoms with Crippen molar-refractivity contribution in [2.45, 2.75) is 4.90 Å². The number of nitrogens with two attached hydrogens (primary N) is 1. The molecule has 0 fully saturated rings. The molecular weight excluding hydrogens is 338 g/mol. The van der Waals surface area contributed by atoms with E-state index in [-0.39, 0.29) is 10.6 Å². The Labute approximate surface area is 137 Å². The van der Waals surface area contributed by atoms with Crippen LogP contribution in [0.2, 0.25) is 5.02 Å². The number of primary amides is 1. The molecule has 0 aliphatic carbocycles. The highest BCUT2D eigenvalue weighted by Crippen LogP contribution is 2.23. The third-order valence-electron chi connectivity index (χ3n) is 3.28. The number of halogens is 1. The van der Waals surface area contributed by atoms with Gasteiger partial charge in [0.1, 0.15) is 5.69 Å². The number of rotatable bonds is 4.